The Morgan fingerprint density at radius 2 is 2.00 bits per heavy atom. The third kappa shape index (κ3) is 7.32. The lowest BCUT2D eigenvalue weighted by Crippen LogP contribution is -1.92. The maximum atomic E-state index is 9.60. The largest absolute Gasteiger partial charge is 0.478 e. The summed E-state index contributed by atoms with van der Waals surface area (Å²) in [5, 5.41) is 7.89. The van der Waals surface area contributed by atoms with Gasteiger partial charge < -0.3 is 5.11 Å². The van der Waals surface area contributed by atoms with Crippen molar-refractivity contribution in [3.63, 3.8) is 0 Å². The van der Waals surface area contributed by atoms with E-state index in [-0.39, 0.29) is 5.57 Å². The summed E-state index contributed by atoms with van der Waals surface area (Å²) in [6.07, 6.45) is 5.92. The standard InChI is InChI=1S/C6H12.C4H6O2/c1-2-3-6-4-5-6;1-3(2)4(5)6/h6H,2-5H2,1H3;1H2,2H3,(H,5,6). The van der Waals surface area contributed by atoms with Gasteiger partial charge in [0.25, 0.3) is 0 Å². The lowest BCUT2D eigenvalue weighted by Gasteiger charge is -1.82. The van der Waals surface area contributed by atoms with Gasteiger partial charge in [-0.1, -0.05) is 39.2 Å². The van der Waals surface area contributed by atoms with Crippen molar-refractivity contribution in [2.24, 2.45) is 5.92 Å². The molecule has 1 aliphatic rings. The van der Waals surface area contributed by atoms with Crippen molar-refractivity contribution in [1.82, 2.24) is 0 Å². The number of carboxylic acid groups (broad SMARTS) is 1. The predicted molar refractivity (Wildman–Crippen MR) is 50.1 cm³/mol. The van der Waals surface area contributed by atoms with Crippen LogP contribution in [0.2, 0.25) is 0 Å². The fraction of sp³-hybridized carbons (Fsp3) is 0.700. The Labute approximate surface area is 74.3 Å². The van der Waals surface area contributed by atoms with Gasteiger partial charge in [0.15, 0.2) is 0 Å². The summed E-state index contributed by atoms with van der Waals surface area (Å²) in [6, 6.07) is 0. The van der Waals surface area contributed by atoms with E-state index >= 15 is 0 Å². The van der Waals surface area contributed by atoms with Gasteiger partial charge in [0.1, 0.15) is 0 Å². The van der Waals surface area contributed by atoms with Crippen LogP contribution in [0, 0.1) is 5.92 Å². The molecule has 1 rings (SSSR count). The minimum Gasteiger partial charge on any atom is -0.478 e. The lowest BCUT2D eigenvalue weighted by atomic mass is 10.2. The average Bonchev–Trinajstić information content (AvgIpc) is 2.73. The monoisotopic (exact) mass is 170 g/mol. The third-order valence-corrected chi connectivity index (χ3v) is 1.76. The highest BCUT2D eigenvalue weighted by Gasteiger charge is 2.18. The number of rotatable bonds is 3. The first-order valence-electron chi connectivity index (χ1n) is 4.46. The molecular formula is C10H18O2. The zero-order valence-corrected chi connectivity index (χ0v) is 7.97. The summed E-state index contributed by atoms with van der Waals surface area (Å²) >= 11 is 0. The van der Waals surface area contributed by atoms with E-state index in [1.54, 1.807) is 0 Å². The summed E-state index contributed by atoms with van der Waals surface area (Å²) in [7, 11) is 0. The first kappa shape index (κ1) is 11.2. The molecule has 0 amide bonds. The second-order valence-electron chi connectivity index (χ2n) is 3.32. The van der Waals surface area contributed by atoms with Gasteiger partial charge in [-0.3, -0.25) is 0 Å². The van der Waals surface area contributed by atoms with Crippen LogP contribution in [0.4, 0.5) is 0 Å². The van der Waals surface area contributed by atoms with Gasteiger partial charge in [-0.15, -0.1) is 0 Å². The molecule has 0 atom stereocenters. The molecule has 1 aliphatic carbocycles. The van der Waals surface area contributed by atoms with Crippen LogP contribution in [-0.2, 0) is 4.79 Å². The summed E-state index contributed by atoms with van der Waals surface area (Å²) in [6.45, 7) is 6.86. The lowest BCUT2D eigenvalue weighted by molar-refractivity contribution is -0.132. The Hall–Kier alpha value is -0.790. The molecule has 70 valence electrons. The molecule has 2 nitrogen and oxygen atoms in total. The number of aliphatic carboxylic acids is 1. The minimum absolute atomic E-state index is 0.176. The van der Waals surface area contributed by atoms with Crippen molar-refractivity contribution in [1.29, 1.82) is 0 Å². The molecule has 1 N–H and O–H groups in total. The topological polar surface area (TPSA) is 37.3 Å². The van der Waals surface area contributed by atoms with Gasteiger partial charge in [0.05, 0.1) is 0 Å². The highest BCUT2D eigenvalue weighted by molar-refractivity contribution is 5.84. The van der Waals surface area contributed by atoms with E-state index in [2.05, 4.69) is 13.5 Å². The molecule has 12 heavy (non-hydrogen) atoms. The molecule has 0 bridgehead atoms. The van der Waals surface area contributed by atoms with E-state index in [1.165, 1.54) is 32.6 Å². The number of carbonyl (C=O) groups is 1. The van der Waals surface area contributed by atoms with Crippen LogP contribution in [0.25, 0.3) is 0 Å². The van der Waals surface area contributed by atoms with Crippen LogP contribution in [-0.4, -0.2) is 11.1 Å². The van der Waals surface area contributed by atoms with Gasteiger partial charge in [-0.25, -0.2) is 4.79 Å². The zero-order valence-electron chi connectivity index (χ0n) is 7.97. The second-order valence-corrected chi connectivity index (χ2v) is 3.32. The summed E-state index contributed by atoms with van der Waals surface area (Å²) in [5.74, 6) is 0.213. The third-order valence-electron chi connectivity index (χ3n) is 1.76. The Bertz CT molecular complexity index is 145. The average molecular weight is 170 g/mol. The fourth-order valence-electron chi connectivity index (χ4n) is 0.815. The molecule has 0 aromatic carbocycles. The van der Waals surface area contributed by atoms with Crippen LogP contribution < -0.4 is 0 Å². The van der Waals surface area contributed by atoms with E-state index in [4.69, 9.17) is 5.11 Å². The van der Waals surface area contributed by atoms with Crippen molar-refractivity contribution < 1.29 is 9.90 Å². The Kier molecular flexibility index (Phi) is 5.43. The van der Waals surface area contributed by atoms with Gasteiger partial charge >= 0.3 is 5.97 Å². The molecule has 1 saturated carbocycles. The molecule has 0 saturated heterocycles. The van der Waals surface area contributed by atoms with Gasteiger partial charge in [0, 0.05) is 5.57 Å². The maximum Gasteiger partial charge on any atom is 0.330 e. The molecule has 0 aromatic heterocycles. The van der Waals surface area contributed by atoms with E-state index < -0.39 is 5.97 Å². The van der Waals surface area contributed by atoms with Crippen molar-refractivity contribution in [2.75, 3.05) is 0 Å². The molecular weight excluding hydrogens is 152 g/mol. The van der Waals surface area contributed by atoms with Crippen LogP contribution >= 0.6 is 0 Å². The summed E-state index contributed by atoms with van der Waals surface area (Å²) < 4.78 is 0. The maximum absolute atomic E-state index is 9.60. The number of hydrogen-bond acceptors (Lipinski definition) is 1. The molecule has 2 heteroatoms. The zero-order chi connectivity index (χ0) is 9.56. The number of hydrogen-bond donors (Lipinski definition) is 1. The van der Waals surface area contributed by atoms with E-state index in [0.717, 1.165) is 5.92 Å². The molecule has 0 aliphatic heterocycles. The first-order valence-corrected chi connectivity index (χ1v) is 4.46. The van der Waals surface area contributed by atoms with Gasteiger partial charge in [-0.05, 0) is 12.8 Å². The van der Waals surface area contributed by atoms with E-state index in [9.17, 15) is 4.79 Å². The molecule has 0 spiro atoms. The van der Waals surface area contributed by atoms with Gasteiger partial charge in [0.2, 0.25) is 0 Å². The highest BCUT2D eigenvalue weighted by atomic mass is 16.4. The van der Waals surface area contributed by atoms with Crippen LogP contribution in [0.3, 0.4) is 0 Å². The summed E-state index contributed by atoms with van der Waals surface area (Å²) in [5.41, 5.74) is 0.176. The first-order chi connectivity index (χ1) is 5.57. The normalized spacial score (nSPS) is 14.5. The van der Waals surface area contributed by atoms with Crippen molar-refractivity contribution in [2.45, 2.75) is 39.5 Å². The number of carboxylic acids is 1. The quantitative estimate of drug-likeness (QED) is 0.661. The molecule has 0 heterocycles. The molecule has 1 fully saturated rings. The summed E-state index contributed by atoms with van der Waals surface area (Å²) in [4.78, 5) is 9.60. The van der Waals surface area contributed by atoms with Crippen LogP contribution in [0.1, 0.15) is 39.5 Å². The second kappa shape index (κ2) is 5.81. The fourth-order valence-corrected chi connectivity index (χ4v) is 0.815. The van der Waals surface area contributed by atoms with E-state index in [1.807, 2.05) is 0 Å². The van der Waals surface area contributed by atoms with Crippen molar-refractivity contribution in [3.8, 4) is 0 Å². The highest BCUT2D eigenvalue weighted by Crippen LogP contribution is 2.32. The van der Waals surface area contributed by atoms with Gasteiger partial charge in [-0.2, -0.15) is 0 Å². The smallest absolute Gasteiger partial charge is 0.330 e. The van der Waals surface area contributed by atoms with E-state index in [0.29, 0.717) is 0 Å². The minimum atomic E-state index is -0.935. The van der Waals surface area contributed by atoms with Crippen LogP contribution in [0.15, 0.2) is 12.2 Å². The van der Waals surface area contributed by atoms with Crippen molar-refractivity contribution in [3.05, 3.63) is 12.2 Å². The Morgan fingerprint density at radius 1 is 1.58 bits per heavy atom. The predicted octanol–water partition coefficient (Wildman–Crippen LogP) is 2.84. The Morgan fingerprint density at radius 3 is 2.08 bits per heavy atom. The Balaban J connectivity index is 0.000000202. The molecule has 0 radical (unpaired) electrons. The molecule has 0 unspecified atom stereocenters. The molecule has 0 aromatic rings. The van der Waals surface area contributed by atoms with Crippen LogP contribution in [0.5, 0.6) is 0 Å². The SMILES string of the molecule is C=C(C)C(=O)O.CCCC1CC1. The van der Waals surface area contributed by atoms with Crippen molar-refractivity contribution >= 4 is 5.97 Å².